The minimum Gasteiger partial charge on any atom is -0.465 e. The number of ether oxygens (including phenoxy) is 1. The first kappa shape index (κ1) is 14.5. The van der Waals surface area contributed by atoms with Gasteiger partial charge in [-0.1, -0.05) is 20.8 Å². The number of rotatable bonds is 3. The van der Waals surface area contributed by atoms with E-state index in [1.807, 2.05) is 20.8 Å². The molecule has 0 saturated heterocycles. The highest BCUT2D eigenvalue weighted by molar-refractivity contribution is 5.75. The van der Waals surface area contributed by atoms with E-state index in [0.29, 0.717) is 17.9 Å². The van der Waals surface area contributed by atoms with Gasteiger partial charge in [-0.2, -0.15) is 0 Å². The highest BCUT2D eigenvalue weighted by Crippen LogP contribution is 2.48. The maximum Gasteiger partial charge on any atom is 0.311 e. The Bertz CT molecular complexity index is 273. The maximum absolute atomic E-state index is 11.6. The van der Waals surface area contributed by atoms with Gasteiger partial charge in [-0.15, -0.1) is 0 Å². The molecule has 0 spiro atoms. The molecule has 0 aromatic rings. The van der Waals surface area contributed by atoms with Crippen molar-refractivity contribution in [3.8, 4) is 0 Å². The molecule has 1 aliphatic carbocycles. The van der Waals surface area contributed by atoms with E-state index in [-0.39, 0.29) is 11.4 Å². The second-order valence-corrected chi connectivity index (χ2v) is 7.17. The molecule has 1 rings (SSSR count). The third-order valence-corrected chi connectivity index (χ3v) is 4.58. The number of carbonyl (C=O) groups is 1. The fourth-order valence-corrected chi connectivity index (χ4v) is 2.62. The molecule has 0 aromatic carbocycles. The number of carbonyl (C=O) groups excluding carboxylic acids is 1. The smallest absolute Gasteiger partial charge is 0.311 e. The molecular weight excluding hydrogens is 212 g/mol. The van der Waals surface area contributed by atoms with Crippen LogP contribution in [-0.4, -0.2) is 12.6 Å². The summed E-state index contributed by atoms with van der Waals surface area (Å²) in [7, 11) is 0. The quantitative estimate of drug-likeness (QED) is 0.696. The highest BCUT2D eigenvalue weighted by atomic mass is 16.5. The zero-order valence-corrected chi connectivity index (χ0v) is 12.3. The van der Waals surface area contributed by atoms with Crippen molar-refractivity contribution in [1.82, 2.24) is 0 Å². The Balaban J connectivity index is 2.36. The van der Waals surface area contributed by atoms with Crippen molar-refractivity contribution in [2.45, 2.75) is 60.8 Å². The minimum absolute atomic E-state index is 0.0821. The Hall–Kier alpha value is -0.530. The molecule has 0 bridgehead atoms. The van der Waals surface area contributed by atoms with Crippen molar-refractivity contribution in [3.63, 3.8) is 0 Å². The van der Waals surface area contributed by atoms with E-state index < -0.39 is 0 Å². The lowest BCUT2D eigenvalue weighted by atomic mass is 9.75. The van der Waals surface area contributed by atoms with Crippen LogP contribution in [0.25, 0.3) is 0 Å². The van der Waals surface area contributed by atoms with Crippen LogP contribution in [0.4, 0.5) is 0 Å². The lowest BCUT2D eigenvalue weighted by Crippen LogP contribution is -2.27. The van der Waals surface area contributed by atoms with Gasteiger partial charge in [0.15, 0.2) is 0 Å². The summed E-state index contributed by atoms with van der Waals surface area (Å²) in [5, 5.41) is 0. The summed E-state index contributed by atoms with van der Waals surface area (Å²) in [6, 6.07) is 0. The van der Waals surface area contributed by atoms with Crippen LogP contribution in [0.1, 0.15) is 60.8 Å². The normalized spacial score (nSPS) is 28.1. The molecular formula is C15H28O2. The Morgan fingerprint density at radius 3 is 2.29 bits per heavy atom. The largest absolute Gasteiger partial charge is 0.465 e. The van der Waals surface area contributed by atoms with E-state index in [4.69, 9.17) is 4.74 Å². The molecule has 17 heavy (non-hydrogen) atoms. The molecule has 0 aromatic heterocycles. The Kier molecular flexibility index (Phi) is 4.27. The van der Waals surface area contributed by atoms with Crippen molar-refractivity contribution < 1.29 is 9.53 Å². The van der Waals surface area contributed by atoms with Crippen molar-refractivity contribution >= 4 is 5.97 Å². The van der Waals surface area contributed by atoms with Gasteiger partial charge in [0.2, 0.25) is 0 Å². The first-order chi connectivity index (χ1) is 7.65. The fraction of sp³-hybridized carbons (Fsp3) is 0.933. The van der Waals surface area contributed by atoms with E-state index >= 15 is 0 Å². The maximum atomic E-state index is 11.6. The summed E-state index contributed by atoms with van der Waals surface area (Å²) in [5.41, 5.74) is 0.0205. The van der Waals surface area contributed by atoms with Gasteiger partial charge < -0.3 is 4.74 Å². The Morgan fingerprint density at radius 1 is 1.29 bits per heavy atom. The van der Waals surface area contributed by atoms with Gasteiger partial charge in [-0.3, -0.25) is 4.79 Å². The van der Waals surface area contributed by atoms with Crippen LogP contribution in [-0.2, 0) is 9.53 Å². The molecule has 100 valence electrons. The number of hydrogen-bond acceptors (Lipinski definition) is 2. The molecule has 0 aliphatic heterocycles. The van der Waals surface area contributed by atoms with Gasteiger partial charge in [-0.25, -0.2) is 0 Å². The first-order valence-corrected chi connectivity index (χ1v) is 6.83. The molecule has 0 radical (unpaired) electrons. The molecule has 2 atom stereocenters. The van der Waals surface area contributed by atoms with Gasteiger partial charge in [0.05, 0.1) is 12.0 Å². The van der Waals surface area contributed by atoms with E-state index in [1.54, 1.807) is 0 Å². The predicted molar refractivity (Wildman–Crippen MR) is 70.7 cm³/mol. The average Bonchev–Trinajstić information content (AvgIpc) is 2.42. The topological polar surface area (TPSA) is 26.3 Å². The van der Waals surface area contributed by atoms with Crippen LogP contribution in [0.3, 0.4) is 0 Å². The van der Waals surface area contributed by atoms with Gasteiger partial charge in [0, 0.05) is 0 Å². The number of hydrogen-bond donors (Lipinski definition) is 0. The van der Waals surface area contributed by atoms with E-state index in [2.05, 4.69) is 20.8 Å². The molecule has 2 heteroatoms. The molecule has 1 saturated carbocycles. The molecule has 1 fully saturated rings. The second kappa shape index (κ2) is 4.99. The van der Waals surface area contributed by atoms with E-state index in [1.165, 1.54) is 12.8 Å². The molecule has 1 aliphatic rings. The van der Waals surface area contributed by atoms with Crippen molar-refractivity contribution in [2.24, 2.45) is 22.7 Å². The highest BCUT2D eigenvalue weighted by Gasteiger charge is 2.40. The third kappa shape index (κ3) is 3.46. The molecule has 2 unspecified atom stereocenters. The average molecular weight is 240 g/mol. The molecule has 2 nitrogen and oxygen atoms in total. The summed E-state index contributed by atoms with van der Waals surface area (Å²) in [5.74, 6) is 1.40. The fourth-order valence-electron chi connectivity index (χ4n) is 2.62. The zero-order valence-electron chi connectivity index (χ0n) is 12.3. The van der Waals surface area contributed by atoms with Gasteiger partial charge >= 0.3 is 5.97 Å². The molecule has 0 N–H and O–H groups in total. The summed E-state index contributed by atoms with van der Waals surface area (Å²) in [6.07, 6.45) is 3.60. The summed E-state index contributed by atoms with van der Waals surface area (Å²) in [4.78, 5) is 11.6. The SMILES string of the molecule is CC1CCC(CCOC(=O)C(C)(C)C)C1(C)C. The predicted octanol–water partition coefficient (Wildman–Crippen LogP) is 4.04. The van der Waals surface area contributed by atoms with Crippen molar-refractivity contribution in [2.75, 3.05) is 6.61 Å². The van der Waals surface area contributed by atoms with Crippen LogP contribution in [0, 0.1) is 22.7 Å². The van der Waals surface area contributed by atoms with Crippen LogP contribution in [0.2, 0.25) is 0 Å². The lowest BCUT2D eigenvalue weighted by molar-refractivity contribution is -0.153. The second-order valence-electron chi connectivity index (χ2n) is 7.17. The molecule has 0 amide bonds. The minimum atomic E-state index is -0.377. The van der Waals surface area contributed by atoms with E-state index in [0.717, 1.165) is 12.3 Å². The zero-order chi connectivity index (χ0) is 13.3. The van der Waals surface area contributed by atoms with Crippen LogP contribution in [0.15, 0.2) is 0 Å². The monoisotopic (exact) mass is 240 g/mol. The van der Waals surface area contributed by atoms with Crippen LogP contribution < -0.4 is 0 Å². The van der Waals surface area contributed by atoms with E-state index in [9.17, 15) is 4.79 Å². The summed E-state index contributed by atoms with van der Waals surface area (Å²) < 4.78 is 5.36. The summed E-state index contributed by atoms with van der Waals surface area (Å²) in [6.45, 7) is 13.3. The van der Waals surface area contributed by atoms with Gasteiger partial charge in [0.25, 0.3) is 0 Å². The molecule has 0 heterocycles. The van der Waals surface area contributed by atoms with Crippen molar-refractivity contribution in [1.29, 1.82) is 0 Å². The number of esters is 1. The summed E-state index contributed by atoms with van der Waals surface area (Å²) >= 11 is 0. The van der Waals surface area contributed by atoms with Crippen molar-refractivity contribution in [3.05, 3.63) is 0 Å². The Labute approximate surface area is 106 Å². The van der Waals surface area contributed by atoms with Gasteiger partial charge in [0.1, 0.15) is 0 Å². The van der Waals surface area contributed by atoms with Crippen LogP contribution >= 0.6 is 0 Å². The first-order valence-electron chi connectivity index (χ1n) is 6.83. The lowest BCUT2D eigenvalue weighted by Gasteiger charge is -2.31. The van der Waals surface area contributed by atoms with Crippen LogP contribution in [0.5, 0.6) is 0 Å². The standard InChI is InChI=1S/C15H28O2/c1-11-7-8-12(15(11,5)6)9-10-17-13(16)14(2,3)4/h11-12H,7-10H2,1-6H3. The third-order valence-electron chi connectivity index (χ3n) is 4.58. The van der Waals surface area contributed by atoms with Gasteiger partial charge in [-0.05, 0) is 57.3 Å². The Morgan fingerprint density at radius 2 is 1.88 bits per heavy atom.